The molecule has 4 aromatic rings. The maximum Gasteiger partial charge on any atom is 0.283 e. The minimum Gasteiger partial charge on any atom is -0.493 e. The first-order chi connectivity index (χ1) is 22.1. The van der Waals surface area contributed by atoms with Crippen LogP contribution >= 0.6 is 0 Å². The van der Waals surface area contributed by atoms with E-state index >= 15 is 0 Å². The molecule has 3 atom stereocenters. The Labute approximate surface area is 270 Å². The molecule has 0 N–H and O–H groups in total. The van der Waals surface area contributed by atoms with E-state index in [1.54, 1.807) is 37.2 Å². The van der Waals surface area contributed by atoms with Crippen molar-refractivity contribution in [2.75, 3.05) is 33.9 Å². The second-order valence-corrected chi connectivity index (χ2v) is 13.9. The summed E-state index contributed by atoms with van der Waals surface area (Å²) in [5.41, 5.74) is 3.93. The van der Waals surface area contributed by atoms with Gasteiger partial charge in [0, 0.05) is 33.1 Å². The van der Waals surface area contributed by atoms with E-state index in [0.717, 1.165) is 67.0 Å². The van der Waals surface area contributed by atoms with Gasteiger partial charge in [0.2, 0.25) is 0 Å². The molecule has 2 heterocycles. The number of oxazole rings is 1. The number of nitrogens with zero attached hydrogens (tertiary/aromatic N) is 4. The lowest BCUT2D eigenvalue weighted by atomic mass is 9.90. The van der Waals surface area contributed by atoms with Gasteiger partial charge >= 0.3 is 0 Å². The predicted octanol–water partition coefficient (Wildman–Crippen LogP) is 6.55. The van der Waals surface area contributed by atoms with E-state index in [9.17, 15) is 12.8 Å². The average molecular weight is 649 g/mol. The Balaban J connectivity index is 1.17. The molecule has 1 saturated carbocycles. The van der Waals surface area contributed by atoms with Crippen LogP contribution in [-0.2, 0) is 23.0 Å². The zero-order valence-corrected chi connectivity index (χ0v) is 27.6. The smallest absolute Gasteiger partial charge is 0.283 e. The standard InChI is InChI=1S/C35H41FN4O5S/c1-5-43-32-17-23(18-33(44-6-2)35(32)24-7-10-26(36)11-8-24)21-40-16-15-28-25(9-13-30(28)40)19-34-38-29-20-27(12-14-31(29)45-34)46(41,42)37-22-39(3)4/h7-8,10-12,14,17-18,20,22,25,28,30H,5-6,9,13,15-16,19,21H2,1-4H3/t25?,28-,30+/m0/s1. The van der Waals surface area contributed by atoms with E-state index in [-0.39, 0.29) is 10.7 Å². The molecule has 6 rings (SSSR count). The SMILES string of the molecule is CCOc1cc(CN2CC[C@H]3C(Cc4nc5cc(S(=O)(=O)N=CN(C)C)ccc5o4)CC[C@H]32)cc(OCC)c1-c1ccc(F)cc1. The Morgan fingerprint density at radius 1 is 1.02 bits per heavy atom. The molecule has 1 aromatic heterocycles. The number of hydrogen-bond acceptors (Lipinski definition) is 7. The number of halogens is 1. The van der Waals surface area contributed by atoms with Crippen LogP contribution in [0.4, 0.5) is 4.39 Å². The molecule has 0 radical (unpaired) electrons. The fourth-order valence-corrected chi connectivity index (χ4v) is 7.93. The Morgan fingerprint density at radius 3 is 2.41 bits per heavy atom. The number of aromatic nitrogens is 1. The van der Waals surface area contributed by atoms with E-state index in [0.29, 0.717) is 48.1 Å². The highest BCUT2D eigenvalue weighted by molar-refractivity contribution is 7.90. The van der Waals surface area contributed by atoms with Gasteiger partial charge < -0.3 is 18.8 Å². The van der Waals surface area contributed by atoms with E-state index in [2.05, 4.69) is 26.4 Å². The minimum atomic E-state index is -3.82. The molecule has 3 aromatic carbocycles. The molecule has 0 spiro atoms. The Kier molecular flexibility index (Phi) is 9.33. The maximum atomic E-state index is 13.7. The van der Waals surface area contributed by atoms with Crippen LogP contribution in [-0.4, -0.2) is 69.4 Å². The molecule has 244 valence electrons. The first-order valence-electron chi connectivity index (χ1n) is 15.9. The summed E-state index contributed by atoms with van der Waals surface area (Å²) in [6.45, 7) is 6.73. The van der Waals surface area contributed by atoms with Crippen molar-refractivity contribution < 1.29 is 26.7 Å². The quantitative estimate of drug-likeness (QED) is 0.126. The molecule has 1 aliphatic carbocycles. The summed E-state index contributed by atoms with van der Waals surface area (Å²) < 4.78 is 61.0. The summed E-state index contributed by atoms with van der Waals surface area (Å²) in [5, 5.41) is 0. The van der Waals surface area contributed by atoms with Gasteiger partial charge in [0.15, 0.2) is 11.5 Å². The Bertz CT molecular complexity index is 1800. The third-order valence-corrected chi connectivity index (χ3v) is 10.2. The number of rotatable bonds is 12. The van der Waals surface area contributed by atoms with Crippen LogP contribution < -0.4 is 9.47 Å². The number of benzene rings is 3. The fraction of sp³-hybridized carbons (Fsp3) is 0.429. The molecule has 2 aliphatic rings. The average Bonchev–Trinajstić information content (AvgIpc) is 3.73. The van der Waals surface area contributed by atoms with Crippen molar-refractivity contribution in [3.8, 4) is 22.6 Å². The third kappa shape index (κ3) is 6.76. The predicted molar refractivity (Wildman–Crippen MR) is 176 cm³/mol. The van der Waals surface area contributed by atoms with Gasteiger partial charge in [-0.1, -0.05) is 12.1 Å². The van der Waals surface area contributed by atoms with Crippen molar-refractivity contribution in [2.24, 2.45) is 16.2 Å². The number of sulfonamides is 1. The lowest BCUT2D eigenvalue weighted by Crippen LogP contribution is -2.30. The summed E-state index contributed by atoms with van der Waals surface area (Å²) >= 11 is 0. The highest BCUT2D eigenvalue weighted by Crippen LogP contribution is 2.45. The van der Waals surface area contributed by atoms with Crippen molar-refractivity contribution in [3.63, 3.8) is 0 Å². The van der Waals surface area contributed by atoms with Crippen LogP contribution in [0.15, 0.2) is 68.3 Å². The van der Waals surface area contributed by atoms with Gasteiger partial charge in [0.05, 0.1) is 23.7 Å². The van der Waals surface area contributed by atoms with Gasteiger partial charge in [-0.3, -0.25) is 4.90 Å². The van der Waals surface area contributed by atoms with Crippen LogP contribution in [0.2, 0.25) is 0 Å². The van der Waals surface area contributed by atoms with Crippen molar-refractivity contribution in [3.05, 3.63) is 71.9 Å². The zero-order valence-electron chi connectivity index (χ0n) is 26.8. The van der Waals surface area contributed by atoms with Crippen LogP contribution in [0.3, 0.4) is 0 Å². The number of fused-ring (bicyclic) bond motifs is 2. The second-order valence-electron chi connectivity index (χ2n) is 12.3. The molecule has 1 aliphatic heterocycles. The van der Waals surface area contributed by atoms with Crippen molar-refractivity contribution in [1.82, 2.24) is 14.8 Å². The van der Waals surface area contributed by atoms with Crippen molar-refractivity contribution in [1.29, 1.82) is 0 Å². The lowest BCUT2D eigenvalue weighted by molar-refractivity contribution is 0.224. The van der Waals surface area contributed by atoms with Crippen molar-refractivity contribution in [2.45, 2.75) is 57.0 Å². The monoisotopic (exact) mass is 648 g/mol. The molecule has 0 bridgehead atoms. The number of ether oxygens (including phenoxy) is 2. The van der Waals surface area contributed by atoms with E-state index < -0.39 is 10.0 Å². The number of hydrogen-bond donors (Lipinski definition) is 0. The summed E-state index contributed by atoms with van der Waals surface area (Å²) in [6.07, 6.45) is 5.29. The molecule has 2 fully saturated rings. The van der Waals surface area contributed by atoms with Crippen LogP contribution in [0.25, 0.3) is 22.2 Å². The maximum absolute atomic E-state index is 13.7. The molecule has 1 unspecified atom stereocenters. The molecule has 11 heteroatoms. The fourth-order valence-electron chi connectivity index (χ4n) is 6.99. The highest BCUT2D eigenvalue weighted by Gasteiger charge is 2.44. The number of likely N-dealkylation sites (tertiary alicyclic amines) is 1. The largest absolute Gasteiger partial charge is 0.493 e. The van der Waals surface area contributed by atoms with Crippen LogP contribution in [0.5, 0.6) is 11.5 Å². The van der Waals surface area contributed by atoms with Gasteiger partial charge in [-0.2, -0.15) is 8.42 Å². The summed E-state index contributed by atoms with van der Waals surface area (Å²) in [7, 11) is -0.390. The second kappa shape index (κ2) is 13.4. The Morgan fingerprint density at radius 2 is 1.74 bits per heavy atom. The van der Waals surface area contributed by atoms with Crippen LogP contribution in [0, 0.1) is 17.7 Å². The third-order valence-electron chi connectivity index (χ3n) is 8.95. The minimum absolute atomic E-state index is 0.0935. The molecule has 9 nitrogen and oxygen atoms in total. The first-order valence-corrected chi connectivity index (χ1v) is 17.4. The molecular weight excluding hydrogens is 607 g/mol. The summed E-state index contributed by atoms with van der Waals surface area (Å²) in [5.74, 6) is 2.82. The first kappa shape index (κ1) is 32.0. The van der Waals surface area contributed by atoms with Gasteiger partial charge in [-0.05, 0) is 105 Å². The normalized spacial score (nSPS) is 20.1. The molecular formula is C35H41FN4O5S. The van der Waals surface area contributed by atoms with Crippen LogP contribution in [0.1, 0.15) is 44.6 Å². The summed E-state index contributed by atoms with van der Waals surface area (Å²) in [6, 6.07) is 15.8. The topological polar surface area (TPSA) is 97.5 Å². The van der Waals surface area contributed by atoms with Crippen molar-refractivity contribution >= 4 is 27.5 Å². The molecule has 0 amide bonds. The summed E-state index contributed by atoms with van der Waals surface area (Å²) in [4.78, 5) is 8.92. The highest BCUT2D eigenvalue weighted by atomic mass is 32.2. The van der Waals surface area contributed by atoms with E-state index in [4.69, 9.17) is 13.9 Å². The lowest BCUT2D eigenvalue weighted by Gasteiger charge is -2.25. The van der Waals surface area contributed by atoms with Gasteiger partial charge in [-0.25, -0.2) is 9.37 Å². The molecule has 1 saturated heterocycles. The molecule has 46 heavy (non-hydrogen) atoms. The Hall–Kier alpha value is -3.96. The van der Waals surface area contributed by atoms with Gasteiger partial charge in [0.25, 0.3) is 10.0 Å². The van der Waals surface area contributed by atoms with Gasteiger partial charge in [-0.15, -0.1) is 4.40 Å². The van der Waals surface area contributed by atoms with Gasteiger partial charge in [0.1, 0.15) is 29.2 Å². The zero-order chi connectivity index (χ0) is 32.4. The van der Waals surface area contributed by atoms with E-state index in [1.807, 2.05) is 13.8 Å². The van der Waals surface area contributed by atoms with E-state index in [1.165, 1.54) is 30.6 Å².